The van der Waals surface area contributed by atoms with E-state index >= 15 is 0 Å². The zero-order valence-corrected chi connectivity index (χ0v) is 7.29. The summed E-state index contributed by atoms with van der Waals surface area (Å²) >= 11 is 0. The third-order valence-corrected chi connectivity index (χ3v) is 2.75. The van der Waals surface area contributed by atoms with Crippen LogP contribution in [0.1, 0.15) is 32.1 Å². The van der Waals surface area contributed by atoms with Crippen molar-refractivity contribution in [2.24, 2.45) is 0 Å². The van der Waals surface area contributed by atoms with Gasteiger partial charge in [-0.2, -0.15) is 0 Å². The molecule has 0 aromatic carbocycles. The van der Waals surface area contributed by atoms with Crippen molar-refractivity contribution in [3.63, 3.8) is 0 Å². The molecule has 3 heteroatoms. The minimum Gasteiger partial charge on any atom is -0.394 e. The SMILES string of the molecule is OC[C@@H]1CC[C@@]2(CCCCO2)O1. The summed E-state index contributed by atoms with van der Waals surface area (Å²) in [6.07, 6.45) is 5.26. The third-order valence-electron chi connectivity index (χ3n) is 2.75. The van der Waals surface area contributed by atoms with E-state index in [9.17, 15) is 0 Å². The summed E-state index contributed by atoms with van der Waals surface area (Å²) in [5, 5.41) is 8.90. The fraction of sp³-hybridized carbons (Fsp3) is 1.00. The van der Waals surface area contributed by atoms with Crippen LogP contribution in [0, 0.1) is 0 Å². The molecule has 2 saturated heterocycles. The fourth-order valence-electron chi connectivity index (χ4n) is 2.05. The molecule has 0 unspecified atom stereocenters. The number of rotatable bonds is 1. The Labute approximate surface area is 72.7 Å². The molecule has 0 aliphatic carbocycles. The lowest BCUT2D eigenvalue weighted by molar-refractivity contribution is -0.247. The normalized spacial score (nSPS) is 42.2. The van der Waals surface area contributed by atoms with E-state index in [0.717, 1.165) is 32.3 Å². The van der Waals surface area contributed by atoms with Crippen molar-refractivity contribution in [2.45, 2.75) is 44.0 Å². The van der Waals surface area contributed by atoms with E-state index < -0.39 is 0 Å². The van der Waals surface area contributed by atoms with Crippen LogP contribution in [0.25, 0.3) is 0 Å². The van der Waals surface area contributed by atoms with Crippen LogP contribution in [0.5, 0.6) is 0 Å². The molecule has 2 fully saturated rings. The topological polar surface area (TPSA) is 38.7 Å². The average Bonchev–Trinajstić information content (AvgIpc) is 2.50. The van der Waals surface area contributed by atoms with Crippen molar-refractivity contribution in [2.75, 3.05) is 13.2 Å². The van der Waals surface area contributed by atoms with Gasteiger partial charge in [-0.1, -0.05) is 0 Å². The Morgan fingerprint density at radius 2 is 2.25 bits per heavy atom. The van der Waals surface area contributed by atoms with Crippen molar-refractivity contribution < 1.29 is 14.6 Å². The first kappa shape index (κ1) is 8.48. The molecule has 3 nitrogen and oxygen atoms in total. The van der Waals surface area contributed by atoms with Gasteiger partial charge < -0.3 is 14.6 Å². The standard InChI is InChI=1S/C9H16O3/c10-7-8-3-5-9(12-8)4-1-2-6-11-9/h8,10H,1-7H2/t8-,9+/m0/s1. The molecule has 2 atom stereocenters. The number of hydrogen-bond donors (Lipinski definition) is 1. The Bertz CT molecular complexity index is 152. The van der Waals surface area contributed by atoms with Crippen LogP contribution in [-0.4, -0.2) is 30.2 Å². The van der Waals surface area contributed by atoms with Crippen LogP contribution in [0.4, 0.5) is 0 Å². The summed E-state index contributed by atoms with van der Waals surface area (Å²) in [6.45, 7) is 0.948. The lowest BCUT2D eigenvalue weighted by Gasteiger charge is -2.33. The predicted molar refractivity (Wildman–Crippen MR) is 43.7 cm³/mol. The minimum absolute atomic E-state index is 0.0168. The first-order valence-corrected chi connectivity index (χ1v) is 4.77. The van der Waals surface area contributed by atoms with Crippen molar-refractivity contribution in [3.05, 3.63) is 0 Å². The fourth-order valence-corrected chi connectivity index (χ4v) is 2.05. The van der Waals surface area contributed by atoms with Gasteiger partial charge in [0.2, 0.25) is 0 Å². The Hall–Kier alpha value is -0.120. The van der Waals surface area contributed by atoms with Crippen LogP contribution in [0.15, 0.2) is 0 Å². The Morgan fingerprint density at radius 1 is 1.33 bits per heavy atom. The lowest BCUT2D eigenvalue weighted by atomic mass is 10.0. The highest BCUT2D eigenvalue weighted by Gasteiger charge is 2.41. The van der Waals surface area contributed by atoms with Crippen molar-refractivity contribution in [1.82, 2.24) is 0 Å². The molecule has 0 radical (unpaired) electrons. The molecule has 2 heterocycles. The lowest BCUT2D eigenvalue weighted by Crippen LogP contribution is -2.36. The van der Waals surface area contributed by atoms with Gasteiger partial charge in [0.1, 0.15) is 0 Å². The number of ether oxygens (including phenoxy) is 2. The van der Waals surface area contributed by atoms with Gasteiger partial charge in [0.25, 0.3) is 0 Å². The van der Waals surface area contributed by atoms with Crippen molar-refractivity contribution in [3.8, 4) is 0 Å². The summed E-state index contributed by atoms with van der Waals surface area (Å²) in [6, 6.07) is 0. The van der Waals surface area contributed by atoms with Crippen LogP contribution in [0.2, 0.25) is 0 Å². The molecule has 12 heavy (non-hydrogen) atoms. The highest BCUT2D eigenvalue weighted by Crippen LogP contribution is 2.38. The summed E-state index contributed by atoms with van der Waals surface area (Å²) in [5.74, 6) is -0.314. The summed E-state index contributed by atoms with van der Waals surface area (Å²) in [4.78, 5) is 0. The summed E-state index contributed by atoms with van der Waals surface area (Å²) < 4.78 is 11.3. The predicted octanol–water partition coefficient (Wildman–Crippen LogP) is 1.05. The maximum atomic E-state index is 8.90. The van der Waals surface area contributed by atoms with Gasteiger partial charge in [-0.3, -0.25) is 0 Å². The summed E-state index contributed by atoms with van der Waals surface area (Å²) in [5.41, 5.74) is 0. The van der Waals surface area contributed by atoms with Gasteiger partial charge in [0.05, 0.1) is 19.3 Å². The second kappa shape index (κ2) is 3.32. The molecule has 0 amide bonds. The number of aliphatic hydroxyl groups excluding tert-OH is 1. The van der Waals surface area contributed by atoms with E-state index in [4.69, 9.17) is 14.6 Å². The van der Waals surface area contributed by atoms with E-state index in [0.29, 0.717) is 0 Å². The number of hydrogen-bond acceptors (Lipinski definition) is 3. The maximum absolute atomic E-state index is 8.90. The van der Waals surface area contributed by atoms with Gasteiger partial charge >= 0.3 is 0 Å². The smallest absolute Gasteiger partial charge is 0.168 e. The average molecular weight is 172 g/mol. The highest BCUT2D eigenvalue weighted by atomic mass is 16.7. The van der Waals surface area contributed by atoms with Gasteiger partial charge in [-0.05, 0) is 19.3 Å². The maximum Gasteiger partial charge on any atom is 0.168 e. The molecule has 2 aliphatic heterocycles. The second-order valence-corrected chi connectivity index (χ2v) is 3.68. The quantitative estimate of drug-likeness (QED) is 0.642. The first-order valence-electron chi connectivity index (χ1n) is 4.77. The Balaban J connectivity index is 1.94. The van der Waals surface area contributed by atoms with Gasteiger partial charge in [-0.25, -0.2) is 0 Å². The zero-order chi connectivity index (χ0) is 8.44. The van der Waals surface area contributed by atoms with Gasteiger partial charge in [0, 0.05) is 12.8 Å². The molecule has 2 aliphatic rings. The third kappa shape index (κ3) is 1.49. The Kier molecular flexibility index (Phi) is 2.35. The van der Waals surface area contributed by atoms with E-state index in [2.05, 4.69) is 0 Å². The number of aliphatic hydroxyl groups is 1. The van der Waals surface area contributed by atoms with Crippen LogP contribution in [0.3, 0.4) is 0 Å². The van der Waals surface area contributed by atoms with E-state index in [1.165, 1.54) is 6.42 Å². The van der Waals surface area contributed by atoms with Crippen LogP contribution < -0.4 is 0 Å². The molecule has 0 bridgehead atoms. The van der Waals surface area contributed by atoms with Crippen LogP contribution >= 0.6 is 0 Å². The van der Waals surface area contributed by atoms with Crippen molar-refractivity contribution >= 4 is 0 Å². The monoisotopic (exact) mass is 172 g/mol. The second-order valence-electron chi connectivity index (χ2n) is 3.68. The zero-order valence-electron chi connectivity index (χ0n) is 7.29. The highest BCUT2D eigenvalue weighted by molar-refractivity contribution is 4.83. The van der Waals surface area contributed by atoms with Gasteiger partial charge in [-0.15, -0.1) is 0 Å². The molecular weight excluding hydrogens is 156 g/mol. The first-order chi connectivity index (χ1) is 5.85. The molecular formula is C9H16O3. The molecule has 1 spiro atoms. The largest absolute Gasteiger partial charge is 0.394 e. The Morgan fingerprint density at radius 3 is 2.83 bits per heavy atom. The van der Waals surface area contributed by atoms with E-state index in [1.807, 2.05) is 0 Å². The molecule has 70 valence electrons. The minimum atomic E-state index is -0.314. The van der Waals surface area contributed by atoms with Crippen LogP contribution in [-0.2, 0) is 9.47 Å². The molecule has 2 rings (SSSR count). The summed E-state index contributed by atoms with van der Waals surface area (Å²) in [7, 11) is 0. The van der Waals surface area contributed by atoms with E-state index in [1.54, 1.807) is 0 Å². The molecule has 0 aromatic rings. The molecule has 0 aromatic heterocycles. The van der Waals surface area contributed by atoms with Crippen molar-refractivity contribution in [1.29, 1.82) is 0 Å². The molecule has 0 saturated carbocycles. The molecule has 1 N–H and O–H groups in total. The van der Waals surface area contributed by atoms with E-state index in [-0.39, 0.29) is 18.5 Å². The van der Waals surface area contributed by atoms with Gasteiger partial charge in [0.15, 0.2) is 5.79 Å².